The molecule has 0 saturated carbocycles. The molecule has 0 bridgehead atoms. The number of carbonyl (C=O) groups is 1. The predicted molar refractivity (Wildman–Crippen MR) is 79.6 cm³/mol. The van der Waals surface area contributed by atoms with Crippen molar-refractivity contribution in [1.29, 1.82) is 0 Å². The Bertz CT molecular complexity index is 615. The number of hydrogen-bond donors (Lipinski definition) is 0. The Morgan fingerprint density at radius 1 is 1.47 bits per heavy atom. The van der Waals surface area contributed by atoms with Crippen molar-refractivity contribution in [2.24, 2.45) is 0 Å². The number of aromatic nitrogens is 2. The molecule has 0 saturated heterocycles. The standard InChI is InChI=1S/C14H17ClN2OS/c1-8-7-19-14(16-8)11(4)17-9(2)5-12(10(17)3)13(18)6-15/h5,7,11H,6H2,1-4H3. The van der Waals surface area contributed by atoms with Crippen LogP contribution in [-0.2, 0) is 0 Å². The third kappa shape index (κ3) is 2.60. The van der Waals surface area contributed by atoms with E-state index in [1.165, 1.54) is 0 Å². The third-order valence-corrected chi connectivity index (χ3v) is 4.66. The maximum atomic E-state index is 11.8. The first-order valence-electron chi connectivity index (χ1n) is 6.15. The molecule has 0 radical (unpaired) electrons. The Morgan fingerprint density at radius 3 is 2.68 bits per heavy atom. The van der Waals surface area contributed by atoms with Gasteiger partial charge in [-0.15, -0.1) is 22.9 Å². The van der Waals surface area contributed by atoms with Crippen molar-refractivity contribution < 1.29 is 4.79 Å². The maximum Gasteiger partial charge on any atom is 0.179 e. The number of nitrogens with zero attached hydrogens (tertiary/aromatic N) is 2. The van der Waals surface area contributed by atoms with Gasteiger partial charge >= 0.3 is 0 Å². The first kappa shape index (κ1) is 14.3. The Labute approximate surface area is 122 Å². The van der Waals surface area contributed by atoms with E-state index >= 15 is 0 Å². The highest BCUT2D eigenvalue weighted by Gasteiger charge is 2.20. The Morgan fingerprint density at radius 2 is 2.16 bits per heavy atom. The summed E-state index contributed by atoms with van der Waals surface area (Å²) in [5.74, 6) is -0.00165. The van der Waals surface area contributed by atoms with Crippen molar-refractivity contribution in [1.82, 2.24) is 9.55 Å². The molecule has 0 aliphatic carbocycles. The minimum absolute atomic E-state index is 0.0229. The Balaban J connectivity index is 2.45. The van der Waals surface area contributed by atoms with Gasteiger partial charge in [0.25, 0.3) is 0 Å². The van der Waals surface area contributed by atoms with Crippen LogP contribution >= 0.6 is 22.9 Å². The van der Waals surface area contributed by atoms with Gasteiger partial charge in [-0.05, 0) is 33.8 Å². The molecule has 0 aromatic carbocycles. The van der Waals surface area contributed by atoms with Gasteiger partial charge < -0.3 is 4.57 Å². The summed E-state index contributed by atoms with van der Waals surface area (Å²) in [6.07, 6.45) is 0. The number of thiazole rings is 1. The van der Waals surface area contributed by atoms with Crippen molar-refractivity contribution in [3.05, 3.63) is 39.1 Å². The highest BCUT2D eigenvalue weighted by atomic mass is 35.5. The lowest BCUT2D eigenvalue weighted by Gasteiger charge is -2.16. The summed E-state index contributed by atoms with van der Waals surface area (Å²) in [5, 5.41) is 3.11. The van der Waals surface area contributed by atoms with E-state index in [1.807, 2.05) is 32.2 Å². The maximum absolute atomic E-state index is 11.8. The van der Waals surface area contributed by atoms with Crippen LogP contribution in [0.3, 0.4) is 0 Å². The average Bonchev–Trinajstić information content (AvgIpc) is 2.92. The molecule has 0 amide bonds. The summed E-state index contributed by atoms with van der Waals surface area (Å²) < 4.78 is 2.15. The monoisotopic (exact) mass is 296 g/mol. The van der Waals surface area contributed by atoms with E-state index in [1.54, 1.807) is 11.3 Å². The van der Waals surface area contributed by atoms with Crippen LogP contribution in [0.2, 0.25) is 0 Å². The molecular weight excluding hydrogens is 280 g/mol. The number of halogens is 1. The molecule has 0 spiro atoms. The highest BCUT2D eigenvalue weighted by molar-refractivity contribution is 7.09. The van der Waals surface area contributed by atoms with Gasteiger partial charge in [0.15, 0.2) is 5.78 Å². The third-order valence-electron chi connectivity index (χ3n) is 3.29. The molecule has 0 N–H and O–H groups in total. The van der Waals surface area contributed by atoms with Crippen LogP contribution in [0.4, 0.5) is 0 Å². The Hall–Kier alpha value is -1.13. The lowest BCUT2D eigenvalue weighted by molar-refractivity contribution is 0.102. The molecule has 1 atom stereocenters. The average molecular weight is 297 g/mol. The van der Waals surface area contributed by atoms with E-state index in [9.17, 15) is 4.79 Å². The lowest BCUT2D eigenvalue weighted by atomic mass is 10.2. The Kier molecular flexibility index (Phi) is 4.11. The molecule has 19 heavy (non-hydrogen) atoms. The topological polar surface area (TPSA) is 34.9 Å². The van der Waals surface area contributed by atoms with Crippen LogP contribution in [0.15, 0.2) is 11.4 Å². The number of carbonyl (C=O) groups excluding carboxylic acids is 1. The van der Waals surface area contributed by atoms with Gasteiger partial charge in [0, 0.05) is 28.0 Å². The van der Waals surface area contributed by atoms with E-state index in [-0.39, 0.29) is 17.7 Å². The van der Waals surface area contributed by atoms with Crippen LogP contribution in [0.25, 0.3) is 0 Å². The second kappa shape index (κ2) is 5.47. The quantitative estimate of drug-likeness (QED) is 0.633. The number of Topliss-reactive ketones (excluding diaryl/α,β-unsaturated/α-hetero) is 1. The van der Waals surface area contributed by atoms with E-state index in [4.69, 9.17) is 11.6 Å². The number of rotatable bonds is 4. The van der Waals surface area contributed by atoms with Crippen molar-refractivity contribution in [2.45, 2.75) is 33.7 Å². The molecule has 0 aliphatic heterocycles. The molecule has 3 nitrogen and oxygen atoms in total. The molecule has 0 fully saturated rings. The summed E-state index contributed by atoms with van der Waals surface area (Å²) in [6.45, 7) is 8.07. The summed E-state index contributed by atoms with van der Waals surface area (Å²) in [5.41, 5.74) is 3.77. The van der Waals surface area contributed by atoms with Gasteiger partial charge in [0.2, 0.25) is 0 Å². The van der Waals surface area contributed by atoms with Gasteiger partial charge in [-0.1, -0.05) is 0 Å². The van der Waals surface area contributed by atoms with Gasteiger partial charge in [-0.3, -0.25) is 4.79 Å². The molecule has 2 heterocycles. The van der Waals surface area contributed by atoms with Gasteiger partial charge in [-0.25, -0.2) is 4.98 Å². The zero-order valence-electron chi connectivity index (χ0n) is 11.5. The van der Waals surface area contributed by atoms with Crippen LogP contribution in [-0.4, -0.2) is 21.2 Å². The smallest absolute Gasteiger partial charge is 0.179 e. The van der Waals surface area contributed by atoms with E-state index in [0.29, 0.717) is 5.56 Å². The molecule has 102 valence electrons. The van der Waals surface area contributed by atoms with Crippen molar-refractivity contribution >= 4 is 28.7 Å². The fourth-order valence-electron chi connectivity index (χ4n) is 2.40. The zero-order valence-corrected chi connectivity index (χ0v) is 13.1. The summed E-state index contributed by atoms with van der Waals surface area (Å²) >= 11 is 7.30. The second-order valence-corrected chi connectivity index (χ2v) is 5.87. The van der Waals surface area contributed by atoms with Crippen molar-refractivity contribution in [3.8, 4) is 0 Å². The van der Waals surface area contributed by atoms with Crippen LogP contribution < -0.4 is 0 Å². The molecular formula is C14H17ClN2OS. The highest BCUT2D eigenvalue weighted by Crippen LogP contribution is 2.27. The molecule has 2 aromatic rings. The van der Waals surface area contributed by atoms with Gasteiger partial charge in [0.1, 0.15) is 5.01 Å². The largest absolute Gasteiger partial charge is 0.339 e. The van der Waals surface area contributed by atoms with Gasteiger partial charge in [0.05, 0.1) is 11.9 Å². The SMILES string of the molecule is Cc1csc(C(C)n2c(C)cc(C(=O)CCl)c2C)n1. The van der Waals surface area contributed by atoms with Crippen LogP contribution in [0.5, 0.6) is 0 Å². The molecule has 2 rings (SSSR count). The first-order chi connectivity index (χ1) is 8.95. The summed E-state index contributed by atoms with van der Waals surface area (Å²) in [4.78, 5) is 16.3. The molecule has 5 heteroatoms. The number of hydrogen-bond acceptors (Lipinski definition) is 3. The zero-order chi connectivity index (χ0) is 14.2. The van der Waals surface area contributed by atoms with E-state index in [0.717, 1.165) is 22.1 Å². The molecule has 0 aliphatic rings. The van der Waals surface area contributed by atoms with E-state index < -0.39 is 0 Å². The minimum atomic E-state index is -0.0245. The number of aryl methyl sites for hydroxylation is 2. The fourth-order valence-corrected chi connectivity index (χ4v) is 3.39. The number of alkyl halides is 1. The predicted octanol–water partition coefficient (Wildman–Crippen LogP) is 3.90. The van der Waals surface area contributed by atoms with E-state index in [2.05, 4.69) is 16.5 Å². The minimum Gasteiger partial charge on any atom is -0.339 e. The second-order valence-electron chi connectivity index (χ2n) is 4.71. The summed E-state index contributed by atoms with van der Waals surface area (Å²) in [7, 11) is 0. The molecule has 1 unspecified atom stereocenters. The molecule has 2 aromatic heterocycles. The van der Waals surface area contributed by atoms with Gasteiger partial charge in [-0.2, -0.15) is 0 Å². The normalized spacial score (nSPS) is 12.7. The fraction of sp³-hybridized carbons (Fsp3) is 0.429. The van der Waals surface area contributed by atoms with Crippen LogP contribution in [0.1, 0.15) is 45.4 Å². The number of ketones is 1. The first-order valence-corrected chi connectivity index (χ1v) is 7.56. The van der Waals surface area contributed by atoms with Crippen LogP contribution in [0, 0.1) is 20.8 Å². The van der Waals surface area contributed by atoms with Crippen molar-refractivity contribution in [2.75, 3.05) is 5.88 Å². The lowest BCUT2D eigenvalue weighted by Crippen LogP contribution is -2.11. The van der Waals surface area contributed by atoms with Crippen molar-refractivity contribution in [3.63, 3.8) is 0 Å². The summed E-state index contributed by atoms with van der Waals surface area (Å²) in [6, 6.07) is 2.05.